The molecule has 0 amide bonds. The minimum absolute atomic E-state index is 0.371. The van der Waals surface area contributed by atoms with Gasteiger partial charge < -0.3 is 10.3 Å². The van der Waals surface area contributed by atoms with Crippen LogP contribution in [-0.2, 0) is 12.8 Å². The van der Waals surface area contributed by atoms with E-state index in [9.17, 15) is 0 Å². The molecule has 1 aromatic heterocycles. The molecule has 0 radical (unpaired) electrons. The second-order valence-electron chi connectivity index (χ2n) is 4.92. The lowest BCUT2D eigenvalue weighted by molar-refractivity contribution is 0.362. The first-order chi connectivity index (χ1) is 10.3. The number of hydrogen-bond acceptors (Lipinski definition) is 4. The number of hydrogen-bond donors (Lipinski definition) is 1. The van der Waals surface area contributed by atoms with Gasteiger partial charge in [-0.05, 0) is 17.5 Å². The zero-order valence-electron chi connectivity index (χ0n) is 11.6. The van der Waals surface area contributed by atoms with E-state index >= 15 is 0 Å². The summed E-state index contributed by atoms with van der Waals surface area (Å²) in [6.45, 7) is 0. The molecule has 0 aliphatic rings. The van der Waals surface area contributed by atoms with Crippen LogP contribution in [0.25, 0.3) is 0 Å². The minimum Gasteiger partial charge on any atom is -0.337 e. The molecule has 0 aliphatic heterocycles. The predicted octanol–water partition coefficient (Wildman–Crippen LogP) is 2.90. The Morgan fingerprint density at radius 2 is 1.57 bits per heavy atom. The van der Waals surface area contributed by atoms with Crippen molar-refractivity contribution in [2.45, 2.75) is 18.9 Å². The zero-order chi connectivity index (χ0) is 14.5. The summed E-state index contributed by atoms with van der Waals surface area (Å²) in [4.78, 5) is 4.40. The molecule has 3 rings (SSSR count). The van der Waals surface area contributed by atoms with Crippen LogP contribution in [0.2, 0.25) is 0 Å². The summed E-state index contributed by atoms with van der Waals surface area (Å²) in [6, 6.07) is 19.6. The topological polar surface area (TPSA) is 64.9 Å². The van der Waals surface area contributed by atoms with E-state index in [1.54, 1.807) is 0 Å². The minimum atomic E-state index is -0.371. The van der Waals surface area contributed by atoms with E-state index < -0.39 is 0 Å². The van der Waals surface area contributed by atoms with Crippen molar-refractivity contribution in [2.75, 3.05) is 0 Å². The highest BCUT2D eigenvalue weighted by Gasteiger charge is 2.16. The molecule has 4 nitrogen and oxygen atoms in total. The van der Waals surface area contributed by atoms with Gasteiger partial charge in [-0.25, -0.2) is 0 Å². The largest absolute Gasteiger partial charge is 0.337 e. The Morgan fingerprint density at radius 3 is 2.29 bits per heavy atom. The summed E-state index contributed by atoms with van der Waals surface area (Å²) in [5, 5.41) is 4.01. The van der Waals surface area contributed by atoms with E-state index in [1.807, 2.05) is 48.5 Å². The fourth-order valence-electron chi connectivity index (χ4n) is 2.20. The summed E-state index contributed by atoms with van der Waals surface area (Å²) >= 11 is 0. The lowest BCUT2D eigenvalue weighted by Gasteiger charge is -2.05. The molecule has 0 saturated carbocycles. The van der Waals surface area contributed by atoms with Crippen LogP contribution in [0.5, 0.6) is 0 Å². The van der Waals surface area contributed by atoms with Crippen LogP contribution in [0.15, 0.2) is 65.2 Å². The van der Waals surface area contributed by atoms with Gasteiger partial charge in [0.25, 0.3) is 0 Å². The average molecular weight is 279 g/mol. The molecule has 0 aliphatic carbocycles. The quantitative estimate of drug-likeness (QED) is 0.780. The van der Waals surface area contributed by atoms with E-state index in [-0.39, 0.29) is 6.04 Å². The summed E-state index contributed by atoms with van der Waals surface area (Å²) in [5.74, 6) is 1.16. The van der Waals surface area contributed by atoms with E-state index in [2.05, 4.69) is 22.3 Å². The molecular formula is C17H17N3O. The first-order valence-corrected chi connectivity index (χ1v) is 7.00. The van der Waals surface area contributed by atoms with Crippen molar-refractivity contribution in [2.24, 2.45) is 5.73 Å². The molecular weight excluding hydrogens is 262 g/mol. The van der Waals surface area contributed by atoms with Crippen molar-refractivity contribution in [1.29, 1.82) is 0 Å². The second kappa shape index (κ2) is 6.33. The van der Waals surface area contributed by atoms with Crippen LogP contribution in [0.4, 0.5) is 0 Å². The number of nitrogens with two attached hydrogens (primary N) is 1. The molecule has 4 heteroatoms. The first kappa shape index (κ1) is 13.5. The van der Waals surface area contributed by atoms with Gasteiger partial charge in [-0.1, -0.05) is 65.8 Å². The molecule has 3 aromatic rings. The number of rotatable bonds is 5. The third kappa shape index (κ3) is 3.35. The van der Waals surface area contributed by atoms with E-state index in [0.29, 0.717) is 11.7 Å². The van der Waals surface area contributed by atoms with Crippen LogP contribution in [0.3, 0.4) is 0 Å². The summed E-state index contributed by atoms with van der Waals surface area (Å²) in [5.41, 5.74) is 8.37. The summed E-state index contributed by atoms with van der Waals surface area (Å²) in [7, 11) is 0. The Kier molecular flexibility index (Phi) is 4.07. The van der Waals surface area contributed by atoms with E-state index in [1.165, 1.54) is 5.56 Å². The molecule has 1 heterocycles. The van der Waals surface area contributed by atoms with Gasteiger partial charge in [-0.2, -0.15) is 4.98 Å². The fourth-order valence-corrected chi connectivity index (χ4v) is 2.20. The van der Waals surface area contributed by atoms with Gasteiger partial charge in [-0.15, -0.1) is 0 Å². The Bertz CT molecular complexity index is 680. The first-order valence-electron chi connectivity index (χ1n) is 7.00. The Labute approximate surface area is 123 Å². The smallest absolute Gasteiger partial charge is 0.248 e. The van der Waals surface area contributed by atoms with Crippen molar-refractivity contribution in [3.05, 3.63) is 83.5 Å². The molecule has 106 valence electrons. The summed E-state index contributed by atoms with van der Waals surface area (Å²) in [6.07, 6.45) is 1.63. The molecule has 2 N–H and O–H groups in total. The van der Waals surface area contributed by atoms with Crippen molar-refractivity contribution in [3.63, 3.8) is 0 Å². The third-order valence-corrected chi connectivity index (χ3v) is 3.39. The number of aromatic nitrogens is 2. The molecule has 0 saturated heterocycles. The van der Waals surface area contributed by atoms with Gasteiger partial charge in [-0.3, -0.25) is 0 Å². The van der Waals surface area contributed by atoms with Gasteiger partial charge in [0.1, 0.15) is 6.04 Å². The third-order valence-electron chi connectivity index (χ3n) is 3.39. The van der Waals surface area contributed by atoms with E-state index in [0.717, 1.165) is 18.4 Å². The van der Waals surface area contributed by atoms with Gasteiger partial charge in [0, 0.05) is 6.42 Å². The van der Waals surface area contributed by atoms with Crippen LogP contribution < -0.4 is 5.73 Å². The van der Waals surface area contributed by atoms with Gasteiger partial charge in [0.15, 0.2) is 5.82 Å². The standard InChI is InChI=1S/C17H17N3O/c18-16(14-9-5-2-6-10-14)17-19-15(20-21-17)12-11-13-7-3-1-4-8-13/h1-10,16H,11-12,18H2/t16-/m0/s1. The molecule has 0 unspecified atom stereocenters. The summed E-state index contributed by atoms with van der Waals surface area (Å²) < 4.78 is 5.28. The van der Waals surface area contributed by atoms with Gasteiger partial charge in [0.05, 0.1) is 0 Å². The van der Waals surface area contributed by atoms with Crippen molar-refractivity contribution in [1.82, 2.24) is 10.1 Å². The van der Waals surface area contributed by atoms with Crippen LogP contribution in [0.1, 0.15) is 28.9 Å². The van der Waals surface area contributed by atoms with E-state index in [4.69, 9.17) is 10.3 Å². The number of aryl methyl sites for hydroxylation is 2. The van der Waals surface area contributed by atoms with Crippen LogP contribution >= 0.6 is 0 Å². The Morgan fingerprint density at radius 1 is 0.905 bits per heavy atom. The molecule has 2 aromatic carbocycles. The Balaban J connectivity index is 1.66. The molecule has 0 fully saturated rings. The molecule has 1 atom stereocenters. The SMILES string of the molecule is N[C@@H](c1ccccc1)c1nc(CCc2ccccc2)no1. The maximum Gasteiger partial charge on any atom is 0.248 e. The number of benzene rings is 2. The van der Waals surface area contributed by atoms with Gasteiger partial charge >= 0.3 is 0 Å². The molecule has 21 heavy (non-hydrogen) atoms. The predicted molar refractivity (Wildman–Crippen MR) is 80.6 cm³/mol. The Hall–Kier alpha value is -2.46. The normalized spacial score (nSPS) is 12.2. The molecule has 0 bridgehead atoms. The number of nitrogens with zero attached hydrogens (tertiary/aromatic N) is 2. The van der Waals surface area contributed by atoms with Crippen molar-refractivity contribution < 1.29 is 4.52 Å². The van der Waals surface area contributed by atoms with Crippen LogP contribution in [-0.4, -0.2) is 10.1 Å². The fraction of sp³-hybridized carbons (Fsp3) is 0.176. The lowest BCUT2D eigenvalue weighted by Crippen LogP contribution is -2.12. The van der Waals surface area contributed by atoms with Crippen molar-refractivity contribution >= 4 is 0 Å². The highest BCUT2D eigenvalue weighted by atomic mass is 16.5. The lowest BCUT2D eigenvalue weighted by atomic mass is 10.1. The highest BCUT2D eigenvalue weighted by molar-refractivity contribution is 5.23. The van der Waals surface area contributed by atoms with Crippen LogP contribution in [0, 0.1) is 0 Å². The monoisotopic (exact) mass is 279 g/mol. The van der Waals surface area contributed by atoms with Crippen molar-refractivity contribution in [3.8, 4) is 0 Å². The molecule has 0 spiro atoms. The average Bonchev–Trinajstić information content (AvgIpc) is 3.03. The maximum atomic E-state index is 6.14. The zero-order valence-corrected chi connectivity index (χ0v) is 11.6. The second-order valence-corrected chi connectivity index (χ2v) is 4.92. The van der Waals surface area contributed by atoms with Gasteiger partial charge in [0.2, 0.25) is 5.89 Å². The maximum absolute atomic E-state index is 6.14. The highest BCUT2D eigenvalue weighted by Crippen LogP contribution is 2.17.